The van der Waals surface area contributed by atoms with Gasteiger partial charge in [0.05, 0.1) is 11.0 Å². The molecule has 0 saturated carbocycles. The fraction of sp³-hybridized carbons (Fsp3) is 0.562. The topological polar surface area (TPSA) is 32.3 Å². The zero-order chi connectivity index (χ0) is 16.5. The summed E-state index contributed by atoms with van der Waals surface area (Å²) in [6.45, 7) is 4.92. The van der Waals surface area contributed by atoms with Crippen LogP contribution in [0.3, 0.4) is 0 Å². The molecule has 1 unspecified atom stereocenters. The number of alkyl halides is 3. The van der Waals surface area contributed by atoms with E-state index in [9.17, 15) is 18.0 Å². The zero-order valence-corrected chi connectivity index (χ0v) is 13.0. The summed E-state index contributed by atoms with van der Waals surface area (Å²) >= 11 is 0. The largest absolute Gasteiger partial charge is 0.416 e. The minimum absolute atomic E-state index is 0.0950. The van der Waals surface area contributed by atoms with Gasteiger partial charge in [-0.15, -0.1) is 0 Å². The van der Waals surface area contributed by atoms with Crippen LogP contribution < -0.4 is 5.32 Å². The van der Waals surface area contributed by atoms with Gasteiger partial charge in [0.25, 0.3) is 0 Å². The van der Waals surface area contributed by atoms with Gasteiger partial charge in [-0.1, -0.05) is 18.2 Å². The van der Waals surface area contributed by atoms with Crippen molar-refractivity contribution in [1.29, 1.82) is 0 Å². The van der Waals surface area contributed by atoms with E-state index in [0.29, 0.717) is 5.56 Å². The number of nitrogens with zero attached hydrogens (tertiary/aromatic N) is 1. The Morgan fingerprint density at radius 1 is 1.27 bits per heavy atom. The van der Waals surface area contributed by atoms with E-state index in [0.717, 1.165) is 31.6 Å². The fourth-order valence-electron chi connectivity index (χ4n) is 2.78. The molecule has 2 rings (SSSR count). The number of halogens is 3. The molecular weight excluding hydrogens is 293 g/mol. The molecule has 0 aromatic heterocycles. The van der Waals surface area contributed by atoms with Gasteiger partial charge in [-0.25, -0.2) is 0 Å². The maximum absolute atomic E-state index is 12.9. The van der Waals surface area contributed by atoms with Crippen LogP contribution in [0.2, 0.25) is 0 Å². The number of amides is 1. The van der Waals surface area contributed by atoms with Crippen molar-refractivity contribution >= 4 is 5.91 Å². The number of rotatable bonds is 3. The number of benzene rings is 1. The number of hydrogen-bond acceptors (Lipinski definition) is 2. The van der Waals surface area contributed by atoms with Crippen LogP contribution in [0.25, 0.3) is 0 Å². The number of hydrogen-bond donors (Lipinski definition) is 1. The highest BCUT2D eigenvalue weighted by Gasteiger charge is 2.38. The molecule has 1 aliphatic heterocycles. The highest BCUT2D eigenvalue weighted by Crippen LogP contribution is 2.33. The second kappa shape index (κ2) is 5.91. The van der Waals surface area contributed by atoms with E-state index in [1.54, 1.807) is 31.9 Å². The fourth-order valence-corrected chi connectivity index (χ4v) is 2.78. The van der Waals surface area contributed by atoms with Gasteiger partial charge in [-0.2, -0.15) is 13.2 Å². The van der Waals surface area contributed by atoms with Crippen molar-refractivity contribution in [1.82, 2.24) is 10.2 Å². The molecule has 1 atom stereocenters. The summed E-state index contributed by atoms with van der Waals surface area (Å²) in [5.41, 5.74) is -1.35. The molecule has 1 aromatic carbocycles. The van der Waals surface area contributed by atoms with Crippen molar-refractivity contribution in [2.75, 3.05) is 20.1 Å². The minimum Gasteiger partial charge on any atom is -0.341 e. The Bertz CT molecular complexity index is 549. The Kier molecular flexibility index (Phi) is 4.52. The van der Waals surface area contributed by atoms with Gasteiger partial charge in [0.1, 0.15) is 0 Å². The number of likely N-dealkylation sites (N-methyl/N-ethyl adjacent to an activating group) is 1. The molecule has 1 N–H and O–H groups in total. The van der Waals surface area contributed by atoms with Gasteiger partial charge in [-0.3, -0.25) is 4.79 Å². The first-order valence-corrected chi connectivity index (χ1v) is 7.30. The van der Waals surface area contributed by atoms with Crippen LogP contribution in [0, 0.1) is 0 Å². The zero-order valence-electron chi connectivity index (χ0n) is 13.0. The molecule has 1 fully saturated rings. The summed E-state index contributed by atoms with van der Waals surface area (Å²) in [7, 11) is 1.72. The van der Waals surface area contributed by atoms with Crippen molar-refractivity contribution in [3.8, 4) is 0 Å². The first kappa shape index (κ1) is 16.8. The predicted octanol–water partition coefficient (Wildman–Crippen LogP) is 2.80. The molecule has 3 nitrogen and oxygen atoms in total. The summed E-state index contributed by atoms with van der Waals surface area (Å²) in [4.78, 5) is 14.4. The molecule has 0 bridgehead atoms. The summed E-state index contributed by atoms with van der Waals surface area (Å²) in [5, 5.41) is 3.19. The van der Waals surface area contributed by atoms with Crippen LogP contribution in [-0.2, 0) is 16.4 Å². The summed E-state index contributed by atoms with van der Waals surface area (Å²) in [6, 6.07) is 5.11. The van der Waals surface area contributed by atoms with Crippen molar-refractivity contribution in [3.05, 3.63) is 35.4 Å². The predicted molar refractivity (Wildman–Crippen MR) is 78.5 cm³/mol. The second-order valence-corrected chi connectivity index (χ2v) is 6.27. The van der Waals surface area contributed by atoms with Gasteiger partial charge in [0.15, 0.2) is 0 Å². The van der Waals surface area contributed by atoms with Gasteiger partial charge >= 0.3 is 6.18 Å². The lowest BCUT2D eigenvalue weighted by molar-refractivity contribution is -0.139. The SMILES string of the molecule is CN(C(=O)C(C)(C)c1cccc(C(F)(F)F)c1)C1CCNC1. The van der Waals surface area contributed by atoms with Crippen LogP contribution in [0.4, 0.5) is 13.2 Å². The van der Waals surface area contributed by atoms with E-state index in [4.69, 9.17) is 0 Å². The third-order valence-corrected chi connectivity index (χ3v) is 4.35. The van der Waals surface area contributed by atoms with Gasteiger partial charge in [-0.05, 0) is 38.4 Å². The maximum Gasteiger partial charge on any atom is 0.416 e. The van der Waals surface area contributed by atoms with E-state index in [-0.39, 0.29) is 11.9 Å². The number of nitrogens with one attached hydrogen (secondary N) is 1. The van der Waals surface area contributed by atoms with E-state index in [1.807, 2.05) is 0 Å². The lowest BCUT2D eigenvalue weighted by atomic mass is 9.82. The monoisotopic (exact) mass is 314 g/mol. The van der Waals surface area contributed by atoms with Crippen LogP contribution in [-0.4, -0.2) is 37.0 Å². The lowest BCUT2D eigenvalue weighted by Crippen LogP contribution is -2.47. The summed E-state index contributed by atoms with van der Waals surface area (Å²) in [6.07, 6.45) is -3.54. The van der Waals surface area contributed by atoms with Crippen molar-refractivity contribution < 1.29 is 18.0 Å². The molecule has 0 aliphatic carbocycles. The molecule has 1 heterocycles. The van der Waals surface area contributed by atoms with Crippen LogP contribution >= 0.6 is 0 Å². The second-order valence-electron chi connectivity index (χ2n) is 6.27. The standard InChI is InChI=1S/C16H21F3N2O/c1-15(2,14(22)21(3)13-7-8-20-10-13)11-5-4-6-12(9-11)16(17,18)19/h4-6,9,13,20H,7-8,10H2,1-3H3. The first-order valence-electron chi connectivity index (χ1n) is 7.30. The quantitative estimate of drug-likeness (QED) is 0.930. The average molecular weight is 314 g/mol. The molecule has 6 heteroatoms. The molecule has 1 amide bonds. The van der Waals surface area contributed by atoms with Crippen molar-refractivity contribution in [2.45, 2.75) is 37.9 Å². The third kappa shape index (κ3) is 3.27. The number of carbonyl (C=O) groups is 1. The van der Waals surface area contributed by atoms with E-state index in [1.165, 1.54) is 6.07 Å². The van der Waals surface area contributed by atoms with E-state index >= 15 is 0 Å². The van der Waals surface area contributed by atoms with Gasteiger partial charge in [0.2, 0.25) is 5.91 Å². The Labute approximate surface area is 128 Å². The van der Waals surface area contributed by atoms with E-state index < -0.39 is 17.2 Å². The lowest BCUT2D eigenvalue weighted by Gasteiger charge is -2.33. The molecule has 1 aromatic rings. The Morgan fingerprint density at radius 3 is 2.45 bits per heavy atom. The number of carbonyl (C=O) groups excluding carboxylic acids is 1. The Balaban J connectivity index is 2.27. The molecule has 0 spiro atoms. The summed E-state index contributed by atoms with van der Waals surface area (Å²) < 4.78 is 38.6. The highest BCUT2D eigenvalue weighted by atomic mass is 19.4. The van der Waals surface area contributed by atoms with Crippen molar-refractivity contribution in [3.63, 3.8) is 0 Å². The van der Waals surface area contributed by atoms with Gasteiger partial charge in [0, 0.05) is 19.6 Å². The van der Waals surface area contributed by atoms with E-state index in [2.05, 4.69) is 5.32 Å². The third-order valence-electron chi connectivity index (χ3n) is 4.35. The first-order chi connectivity index (χ1) is 10.1. The molecule has 122 valence electrons. The van der Waals surface area contributed by atoms with Crippen molar-refractivity contribution in [2.24, 2.45) is 0 Å². The molecule has 0 radical (unpaired) electrons. The van der Waals surface area contributed by atoms with Crippen LogP contribution in [0.5, 0.6) is 0 Å². The average Bonchev–Trinajstić information content (AvgIpc) is 2.99. The molecule has 1 saturated heterocycles. The summed E-state index contributed by atoms with van der Waals surface area (Å²) in [5.74, 6) is -0.166. The molecular formula is C16H21F3N2O. The smallest absolute Gasteiger partial charge is 0.341 e. The Hall–Kier alpha value is -1.56. The highest BCUT2D eigenvalue weighted by molar-refractivity contribution is 5.87. The van der Waals surface area contributed by atoms with Crippen LogP contribution in [0.1, 0.15) is 31.4 Å². The maximum atomic E-state index is 12.9. The molecule has 1 aliphatic rings. The minimum atomic E-state index is -4.41. The van der Waals surface area contributed by atoms with Gasteiger partial charge < -0.3 is 10.2 Å². The van der Waals surface area contributed by atoms with Crippen LogP contribution in [0.15, 0.2) is 24.3 Å². The Morgan fingerprint density at radius 2 is 1.91 bits per heavy atom. The molecule has 22 heavy (non-hydrogen) atoms. The normalized spacial score (nSPS) is 19.3.